The number of benzene rings is 3. The van der Waals surface area contributed by atoms with Gasteiger partial charge in [-0.25, -0.2) is 9.78 Å². The molecular formula is C25H21F3N2O3S. The van der Waals surface area contributed by atoms with E-state index in [9.17, 15) is 18.0 Å². The van der Waals surface area contributed by atoms with Crippen molar-refractivity contribution < 1.29 is 27.8 Å². The van der Waals surface area contributed by atoms with Crippen LogP contribution in [0.15, 0.2) is 65.6 Å². The minimum absolute atomic E-state index is 0.387. The Hall–Kier alpha value is -3.46. The highest BCUT2D eigenvalue weighted by molar-refractivity contribution is 7.98. The minimum atomic E-state index is -4.38. The Morgan fingerprint density at radius 1 is 1.09 bits per heavy atom. The lowest BCUT2D eigenvalue weighted by molar-refractivity contribution is -0.139. The van der Waals surface area contributed by atoms with Gasteiger partial charge in [0, 0.05) is 16.2 Å². The van der Waals surface area contributed by atoms with E-state index >= 15 is 0 Å². The van der Waals surface area contributed by atoms with Gasteiger partial charge >= 0.3 is 12.1 Å². The van der Waals surface area contributed by atoms with Gasteiger partial charge in [-0.15, -0.1) is 11.8 Å². The lowest BCUT2D eigenvalue weighted by Crippen LogP contribution is -2.10. The zero-order valence-corrected chi connectivity index (χ0v) is 19.0. The van der Waals surface area contributed by atoms with Crippen LogP contribution >= 0.6 is 11.8 Å². The summed E-state index contributed by atoms with van der Waals surface area (Å²) in [6.07, 6.45) is -3.68. The topological polar surface area (TPSA) is 75.2 Å². The number of nitrogens with zero attached hydrogens (tertiary/aromatic N) is 1. The largest absolute Gasteiger partial charge is 0.482 e. The average Bonchev–Trinajstić information content (AvgIpc) is 3.26. The van der Waals surface area contributed by atoms with Gasteiger partial charge in [-0.3, -0.25) is 0 Å². The number of H-pyrrole nitrogens is 1. The molecule has 0 aliphatic heterocycles. The molecule has 0 aliphatic rings. The number of halogens is 3. The maximum absolute atomic E-state index is 12.9. The molecule has 0 atom stereocenters. The Bertz CT molecular complexity index is 1320. The van der Waals surface area contributed by atoms with Gasteiger partial charge in [0.1, 0.15) is 11.6 Å². The van der Waals surface area contributed by atoms with Crippen molar-refractivity contribution in [3.63, 3.8) is 0 Å². The number of carbonyl (C=O) groups is 1. The molecule has 3 aromatic carbocycles. The number of aromatic amines is 1. The highest BCUT2D eigenvalue weighted by Gasteiger charge is 2.30. The number of carboxylic acid groups (broad SMARTS) is 1. The van der Waals surface area contributed by atoms with Gasteiger partial charge in [-0.05, 0) is 53.9 Å². The van der Waals surface area contributed by atoms with Gasteiger partial charge in [-0.1, -0.05) is 31.2 Å². The van der Waals surface area contributed by atoms with E-state index in [0.29, 0.717) is 29.3 Å². The molecule has 2 N–H and O–H groups in total. The minimum Gasteiger partial charge on any atom is -0.482 e. The summed E-state index contributed by atoms with van der Waals surface area (Å²) in [4.78, 5) is 19.6. The van der Waals surface area contributed by atoms with E-state index in [4.69, 9.17) is 9.84 Å². The van der Waals surface area contributed by atoms with Gasteiger partial charge in [-0.2, -0.15) is 13.2 Å². The molecular weight excluding hydrogens is 465 g/mol. The Labute approximate surface area is 198 Å². The molecule has 1 aromatic heterocycles. The monoisotopic (exact) mass is 486 g/mol. The molecule has 176 valence electrons. The van der Waals surface area contributed by atoms with E-state index < -0.39 is 17.7 Å². The van der Waals surface area contributed by atoms with Gasteiger partial charge < -0.3 is 14.8 Å². The second-order valence-corrected chi connectivity index (χ2v) is 8.62. The number of aryl methyl sites for hydroxylation is 1. The van der Waals surface area contributed by atoms with Crippen LogP contribution in [0.1, 0.15) is 23.6 Å². The number of aliphatic carboxylic acids is 1. The van der Waals surface area contributed by atoms with Crippen LogP contribution in [0.5, 0.6) is 5.75 Å². The van der Waals surface area contributed by atoms with E-state index in [1.807, 2.05) is 37.3 Å². The molecule has 0 bridgehead atoms. The molecule has 0 radical (unpaired) electrons. The molecule has 4 aromatic rings. The number of hydrogen-bond acceptors (Lipinski definition) is 4. The summed E-state index contributed by atoms with van der Waals surface area (Å²) in [5.74, 6) is 0.676. The molecule has 0 unspecified atom stereocenters. The molecule has 0 aliphatic carbocycles. The van der Waals surface area contributed by atoms with Crippen LogP contribution < -0.4 is 4.74 Å². The second kappa shape index (κ2) is 9.80. The molecule has 0 saturated heterocycles. The molecule has 5 nitrogen and oxygen atoms in total. The molecule has 0 spiro atoms. The maximum Gasteiger partial charge on any atom is 0.416 e. The summed E-state index contributed by atoms with van der Waals surface area (Å²) >= 11 is 1.61. The molecule has 0 saturated carbocycles. The number of nitrogens with one attached hydrogen (secondary N) is 1. The third-order valence-electron chi connectivity index (χ3n) is 5.24. The number of rotatable bonds is 8. The van der Waals surface area contributed by atoms with Crippen molar-refractivity contribution >= 4 is 28.8 Å². The van der Waals surface area contributed by atoms with E-state index in [0.717, 1.165) is 39.2 Å². The summed E-state index contributed by atoms with van der Waals surface area (Å²) in [6, 6.07) is 16.3. The van der Waals surface area contributed by atoms with E-state index in [1.165, 1.54) is 12.1 Å². The van der Waals surface area contributed by atoms with Crippen LogP contribution in [0, 0.1) is 0 Å². The van der Waals surface area contributed by atoms with Gasteiger partial charge in [0.05, 0.1) is 16.6 Å². The number of carboxylic acids is 1. The van der Waals surface area contributed by atoms with E-state index in [-0.39, 0.29) is 6.61 Å². The number of fused-ring (bicyclic) bond motifs is 1. The standard InChI is InChI=1S/C25H21F3N2O3S/c1-2-15-12-19(10-11-21(15)33-13-22(31)32)34-14-17-4-3-5-20-23(17)30-24(29-20)16-6-8-18(9-7-16)25(26,27)28/h3-12H,2,13-14H2,1H3,(H,29,30)(H,31,32). The number of thioether (sulfide) groups is 1. The first-order valence-corrected chi connectivity index (χ1v) is 11.5. The van der Waals surface area contributed by atoms with Gasteiger partial charge in [0.15, 0.2) is 6.61 Å². The Kier molecular flexibility index (Phi) is 6.83. The molecule has 4 rings (SSSR count). The third kappa shape index (κ3) is 5.36. The second-order valence-electron chi connectivity index (χ2n) is 7.57. The van der Waals surface area contributed by atoms with Crippen LogP contribution in [0.25, 0.3) is 22.4 Å². The average molecular weight is 487 g/mol. The summed E-state index contributed by atoms with van der Waals surface area (Å²) in [7, 11) is 0. The highest BCUT2D eigenvalue weighted by atomic mass is 32.2. The van der Waals surface area contributed by atoms with Crippen LogP contribution in [0.2, 0.25) is 0 Å². The number of alkyl halides is 3. The zero-order chi connectivity index (χ0) is 24.3. The summed E-state index contributed by atoms with van der Waals surface area (Å²) < 4.78 is 43.9. The van der Waals surface area contributed by atoms with Crippen molar-refractivity contribution in [1.29, 1.82) is 0 Å². The quantitative estimate of drug-likeness (QED) is 0.276. The van der Waals surface area contributed by atoms with Crippen LogP contribution in [0.4, 0.5) is 13.2 Å². The number of aromatic nitrogens is 2. The number of hydrogen-bond donors (Lipinski definition) is 2. The summed E-state index contributed by atoms with van der Waals surface area (Å²) in [6.45, 7) is 1.59. The summed E-state index contributed by atoms with van der Waals surface area (Å²) in [5, 5.41) is 8.83. The lowest BCUT2D eigenvalue weighted by atomic mass is 10.1. The maximum atomic E-state index is 12.9. The van der Waals surface area contributed by atoms with Crippen LogP contribution in [-0.2, 0) is 23.1 Å². The lowest BCUT2D eigenvalue weighted by Gasteiger charge is -2.11. The zero-order valence-electron chi connectivity index (χ0n) is 18.1. The fourth-order valence-electron chi connectivity index (χ4n) is 3.53. The van der Waals surface area contributed by atoms with Crippen molar-refractivity contribution in [2.75, 3.05) is 6.61 Å². The molecule has 0 fully saturated rings. The van der Waals surface area contributed by atoms with E-state index in [1.54, 1.807) is 17.8 Å². The van der Waals surface area contributed by atoms with Crippen LogP contribution in [-0.4, -0.2) is 27.7 Å². The molecule has 0 amide bonds. The fraction of sp³-hybridized carbons (Fsp3) is 0.200. The fourth-order valence-corrected chi connectivity index (χ4v) is 4.47. The number of imidazole rings is 1. The summed E-state index contributed by atoms with van der Waals surface area (Å²) in [5.41, 5.74) is 3.36. The Morgan fingerprint density at radius 3 is 2.53 bits per heavy atom. The first-order valence-electron chi connectivity index (χ1n) is 10.5. The first-order chi connectivity index (χ1) is 16.2. The normalized spacial score (nSPS) is 11.6. The molecule has 9 heteroatoms. The van der Waals surface area contributed by atoms with E-state index in [2.05, 4.69) is 9.97 Å². The smallest absolute Gasteiger partial charge is 0.416 e. The SMILES string of the molecule is CCc1cc(SCc2cccc3[nH]c(-c4ccc(C(F)(F)F)cc4)nc23)ccc1OCC(=O)O. The third-order valence-corrected chi connectivity index (χ3v) is 6.28. The van der Waals surface area contributed by atoms with Crippen molar-refractivity contribution in [2.45, 2.75) is 30.2 Å². The van der Waals surface area contributed by atoms with Crippen molar-refractivity contribution in [2.24, 2.45) is 0 Å². The first kappa shape index (κ1) is 23.7. The predicted molar refractivity (Wildman–Crippen MR) is 125 cm³/mol. The number of para-hydroxylation sites is 1. The highest BCUT2D eigenvalue weighted by Crippen LogP contribution is 2.33. The van der Waals surface area contributed by atoms with Crippen molar-refractivity contribution in [1.82, 2.24) is 9.97 Å². The Balaban J connectivity index is 1.53. The van der Waals surface area contributed by atoms with Crippen molar-refractivity contribution in [3.8, 4) is 17.1 Å². The predicted octanol–water partition coefficient (Wildman–Crippen LogP) is 6.57. The van der Waals surface area contributed by atoms with Gasteiger partial charge in [0.25, 0.3) is 0 Å². The van der Waals surface area contributed by atoms with Gasteiger partial charge in [0.2, 0.25) is 0 Å². The number of ether oxygens (including phenoxy) is 1. The molecule has 1 heterocycles. The Morgan fingerprint density at radius 2 is 1.85 bits per heavy atom. The molecule has 34 heavy (non-hydrogen) atoms. The van der Waals surface area contributed by atoms with Crippen molar-refractivity contribution in [3.05, 3.63) is 77.4 Å². The van der Waals surface area contributed by atoms with Crippen LogP contribution in [0.3, 0.4) is 0 Å².